The van der Waals surface area contributed by atoms with Gasteiger partial charge in [0.25, 0.3) is 0 Å². The van der Waals surface area contributed by atoms with E-state index in [4.69, 9.17) is 0 Å². The van der Waals surface area contributed by atoms with E-state index < -0.39 is 0 Å². The summed E-state index contributed by atoms with van der Waals surface area (Å²) in [7, 11) is 0. The topological polar surface area (TPSA) is 0 Å². The molecular formula is C15H13-. The highest BCUT2D eigenvalue weighted by molar-refractivity contribution is 5.79. The summed E-state index contributed by atoms with van der Waals surface area (Å²) in [6.45, 7) is 3.88. The average molecular weight is 193 g/mol. The lowest BCUT2D eigenvalue weighted by atomic mass is 9.98. The van der Waals surface area contributed by atoms with Gasteiger partial charge in [-0.15, -0.1) is 0 Å². The highest BCUT2D eigenvalue weighted by atomic mass is 14.1. The van der Waals surface area contributed by atoms with Crippen LogP contribution in [0.1, 0.15) is 11.1 Å². The molecule has 0 unspecified atom stereocenters. The van der Waals surface area contributed by atoms with E-state index in [-0.39, 0.29) is 0 Å². The van der Waals surface area contributed by atoms with Crippen molar-refractivity contribution in [3.8, 4) is 0 Å². The number of hydrogen-bond donors (Lipinski definition) is 0. The molecular weight excluding hydrogens is 180 g/mol. The minimum Gasteiger partial charge on any atom is -0.244 e. The molecule has 0 aliphatic rings. The molecule has 2 aromatic rings. The largest absolute Gasteiger partial charge is 0.244 e. The molecule has 0 atom stereocenters. The van der Waals surface area contributed by atoms with Crippen molar-refractivity contribution in [2.24, 2.45) is 0 Å². The van der Waals surface area contributed by atoms with Crippen LogP contribution < -0.4 is 0 Å². The predicted molar refractivity (Wildman–Crippen MR) is 65.3 cm³/mol. The fourth-order valence-electron chi connectivity index (χ4n) is 1.64. The monoisotopic (exact) mass is 193 g/mol. The SMILES string of the molecule is [CH2-]C=C(c1ccccc1)c1ccccc1. The first-order valence-corrected chi connectivity index (χ1v) is 5.02. The average Bonchev–Trinajstić information content (AvgIpc) is 2.33. The van der Waals surface area contributed by atoms with Crippen molar-refractivity contribution in [1.29, 1.82) is 0 Å². The maximum atomic E-state index is 3.88. The Hall–Kier alpha value is -1.95. The van der Waals surface area contributed by atoms with Gasteiger partial charge in [0.05, 0.1) is 0 Å². The lowest BCUT2D eigenvalue weighted by molar-refractivity contribution is 1.55. The molecule has 0 saturated heterocycles. The van der Waals surface area contributed by atoms with Crippen LogP contribution in [0.3, 0.4) is 0 Å². The second-order valence-electron chi connectivity index (χ2n) is 3.35. The third-order valence-electron chi connectivity index (χ3n) is 2.37. The molecule has 0 N–H and O–H groups in total. The van der Waals surface area contributed by atoms with Gasteiger partial charge in [-0.2, -0.15) is 5.57 Å². The number of rotatable bonds is 2. The fraction of sp³-hybridized carbons (Fsp3) is 0. The zero-order valence-electron chi connectivity index (χ0n) is 8.56. The summed E-state index contributed by atoms with van der Waals surface area (Å²) in [5, 5.41) is 0. The van der Waals surface area contributed by atoms with Crippen molar-refractivity contribution in [3.05, 3.63) is 84.8 Å². The van der Waals surface area contributed by atoms with Crippen LogP contribution in [0.25, 0.3) is 5.57 Å². The Labute approximate surface area is 90.9 Å². The van der Waals surface area contributed by atoms with Crippen LogP contribution in [0.15, 0.2) is 66.7 Å². The molecule has 0 aliphatic heterocycles. The van der Waals surface area contributed by atoms with Gasteiger partial charge in [-0.1, -0.05) is 71.8 Å². The molecule has 0 bridgehead atoms. The van der Waals surface area contributed by atoms with Gasteiger partial charge in [0.1, 0.15) is 0 Å². The van der Waals surface area contributed by atoms with Crippen LogP contribution in [0.4, 0.5) is 0 Å². The molecule has 0 amide bonds. The Morgan fingerprint density at radius 3 is 1.47 bits per heavy atom. The zero-order chi connectivity index (χ0) is 10.5. The van der Waals surface area contributed by atoms with Crippen molar-refractivity contribution in [2.75, 3.05) is 0 Å². The molecule has 0 nitrogen and oxygen atoms in total. The van der Waals surface area contributed by atoms with Crippen molar-refractivity contribution >= 4 is 5.57 Å². The second kappa shape index (κ2) is 4.52. The van der Waals surface area contributed by atoms with E-state index in [0.29, 0.717) is 0 Å². The van der Waals surface area contributed by atoms with E-state index in [0.717, 1.165) is 0 Å². The Bertz CT molecular complexity index is 396. The molecule has 0 heterocycles. The van der Waals surface area contributed by atoms with Crippen LogP contribution in [-0.2, 0) is 0 Å². The van der Waals surface area contributed by atoms with Gasteiger partial charge < -0.3 is 0 Å². The van der Waals surface area contributed by atoms with Crippen LogP contribution in [0.5, 0.6) is 0 Å². The summed E-state index contributed by atoms with van der Waals surface area (Å²) in [6.07, 6.45) is 1.91. The quantitative estimate of drug-likeness (QED) is 0.633. The first-order valence-electron chi connectivity index (χ1n) is 5.02. The van der Waals surface area contributed by atoms with Crippen molar-refractivity contribution in [3.63, 3.8) is 0 Å². The summed E-state index contributed by atoms with van der Waals surface area (Å²) < 4.78 is 0. The molecule has 0 aliphatic carbocycles. The number of allylic oxidation sites excluding steroid dienone is 1. The summed E-state index contributed by atoms with van der Waals surface area (Å²) >= 11 is 0. The van der Waals surface area contributed by atoms with Gasteiger partial charge >= 0.3 is 0 Å². The lowest BCUT2D eigenvalue weighted by Gasteiger charge is -2.15. The van der Waals surface area contributed by atoms with E-state index in [1.807, 2.05) is 42.5 Å². The first kappa shape index (κ1) is 9.60. The molecule has 2 aromatic carbocycles. The molecule has 0 radical (unpaired) electrons. The predicted octanol–water partition coefficient (Wildman–Crippen LogP) is 3.95. The van der Waals surface area contributed by atoms with Gasteiger partial charge in [-0.05, 0) is 0 Å². The van der Waals surface area contributed by atoms with E-state index in [1.54, 1.807) is 0 Å². The van der Waals surface area contributed by atoms with Crippen LogP contribution in [-0.4, -0.2) is 0 Å². The molecule has 0 aromatic heterocycles. The molecule has 0 saturated carbocycles. The maximum Gasteiger partial charge on any atom is -0.0623 e. The van der Waals surface area contributed by atoms with Gasteiger partial charge in [0.2, 0.25) is 0 Å². The summed E-state index contributed by atoms with van der Waals surface area (Å²) in [6, 6.07) is 20.6. The van der Waals surface area contributed by atoms with Gasteiger partial charge in [0, 0.05) is 0 Å². The highest BCUT2D eigenvalue weighted by Gasteiger charge is 1.93. The standard InChI is InChI=1S/C15H13/c1-2-15(13-9-5-3-6-10-13)14-11-7-4-8-12-14/h2-12H,1H2/q-1. The van der Waals surface area contributed by atoms with Gasteiger partial charge in [-0.3, -0.25) is 0 Å². The molecule has 2 rings (SSSR count). The molecule has 15 heavy (non-hydrogen) atoms. The van der Waals surface area contributed by atoms with Crippen molar-refractivity contribution < 1.29 is 0 Å². The Morgan fingerprint density at radius 1 is 0.733 bits per heavy atom. The van der Waals surface area contributed by atoms with Gasteiger partial charge in [0.15, 0.2) is 0 Å². The smallest absolute Gasteiger partial charge is 0.0623 e. The van der Waals surface area contributed by atoms with E-state index in [1.165, 1.54) is 16.7 Å². The Kier molecular flexibility index (Phi) is 2.89. The lowest BCUT2D eigenvalue weighted by Crippen LogP contribution is -1.86. The van der Waals surface area contributed by atoms with E-state index in [9.17, 15) is 0 Å². The fourth-order valence-corrected chi connectivity index (χ4v) is 1.64. The summed E-state index contributed by atoms with van der Waals surface area (Å²) in [4.78, 5) is 0. The third-order valence-corrected chi connectivity index (χ3v) is 2.37. The van der Waals surface area contributed by atoms with Crippen LogP contribution in [0, 0.1) is 6.92 Å². The van der Waals surface area contributed by atoms with Crippen LogP contribution >= 0.6 is 0 Å². The van der Waals surface area contributed by atoms with Crippen LogP contribution in [0.2, 0.25) is 0 Å². The number of hydrogen-bond acceptors (Lipinski definition) is 0. The van der Waals surface area contributed by atoms with E-state index >= 15 is 0 Å². The molecule has 0 spiro atoms. The number of benzene rings is 2. The van der Waals surface area contributed by atoms with Gasteiger partial charge in [-0.25, -0.2) is 13.0 Å². The van der Waals surface area contributed by atoms with Crippen molar-refractivity contribution in [1.82, 2.24) is 0 Å². The molecule has 0 heteroatoms. The molecule has 74 valence electrons. The second-order valence-corrected chi connectivity index (χ2v) is 3.35. The Morgan fingerprint density at radius 2 is 1.13 bits per heavy atom. The summed E-state index contributed by atoms with van der Waals surface area (Å²) in [5.41, 5.74) is 3.59. The third kappa shape index (κ3) is 2.10. The maximum absolute atomic E-state index is 3.88. The van der Waals surface area contributed by atoms with E-state index in [2.05, 4.69) is 31.2 Å². The Balaban J connectivity index is 2.44. The minimum atomic E-state index is 1.18. The zero-order valence-corrected chi connectivity index (χ0v) is 8.56. The first-order chi connectivity index (χ1) is 7.42. The van der Waals surface area contributed by atoms with Crippen molar-refractivity contribution in [2.45, 2.75) is 0 Å². The summed E-state index contributed by atoms with van der Waals surface area (Å²) in [5.74, 6) is 0. The highest BCUT2D eigenvalue weighted by Crippen LogP contribution is 2.22. The minimum absolute atomic E-state index is 1.18. The normalized spacial score (nSPS) is 9.60. The molecule has 0 fully saturated rings.